The molecule has 0 spiro atoms. The third-order valence-corrected chi connectivity index (χ3v) is 1.82. The average Bonchev–Trinajstić information content (AvgIpc) is 2.06. The molecule has 5 nitrogen and oxygen atoms in total. The smallest absolute Gasteiger partial charge is 0.333 e. The fourth-order valence-electron chi connectivity index (χ4n) is 1.11. The van der Waals surface area contributed by atoms with Gasteiger partial charge in [-0.2, -0.15) is 0 Å². The van der Waals surface area contributed by atoms with E-state index in [1.54, 1.807) is 0 Å². The third kappa shape index (κ3) is 2.77. The normalized spacial score (nSPS) is 22.1. The van der Waals surface area contributed by atoms with Crippen molar-refractivity contribution >= 4 is 5.97 Å². The van der Waals surface area contributed by atoms with Gasteiger partial charge in [-0.3, -0.25) is 4.90 Å². The largest absolute Gasteiger partial charge is 0.479 e. The molecule has 1 saturated heterocycles. The number of ether oxygens (including phenoxy) is 1. The molecular weight excluding hydrogens is 162 g/mol. The number of β-amino-alcohol motifs (C(OH)–C–C–N with tert-alkyl or cyclic N) is 1. The number of carbonyl (C=O) groups is 1. The van der Waals surface area contributed by atoms with Crippen molar-refractivity contribution in [2.45, 2.75) is 6.10 Å². The summed E-state index contributed by atoms with van der Waals surface area (Å²) in [5.74, 6) is -1.17. The summed E-state index contributed by atoms with van der Waals surface area (Å²) in [6.45, 7) is 2.83. The minimum atomic E-state index is -1.27. The molecule has 5 heteroatoms. The number of aliphatic hydroxyl groups excluding tert-OH is 1. The summed E-state index contributed by atoms with van der Waals surface area (Å²) < 4.78 is 5.07. The Morgan fingerprint density at radius 3 is 2.58 bits per heavy atom. The summed E-state index contributed by atoms with van der Waals surface area (Å²) in [6.07, 6.45) is -1.27. The molecule has 12 heavy (non-hydrogen) atoms. The first-order chi connectivity index (χ1) is 5.70. The van der Waals surface area contributed by atoms with Gasteiger partial charge < -0.3 is 14.9 Å². The van der Waals surface area contributed by atoms with Crippen LogP contribution in [0.3, 0.4) is 0 Å². The van der Waals surface area contributed by atoms with Crippen molar-refractivity contribution in [3.63, 3.8) is 0 Å². The Morgan fingerprint density at radius 1 is 1.50 bits per heavy atom. The highest BCUT2D eigenvalue weighted by Crippen LogP contribution is 1.98. The molecule has 2 N–H and O–H groups in total. The van der Waals surface area contributed by atoms with Gasteiger partial charge in [-0.25, -0.2) is 4.79 Å². The molecule has 1 atom stereocenters. The average molecular weight is 175 g/mol. The van der Waals surface area contributed by atoms with Crippen LogP contribution in [0.2, 0.25) is 0 Å². The van der Waals surface area contributed by atoms with Gasteiger partial charge in [0.15, 0.2) is 6.10 Å². The maximum atomic E-state index is 10.3. The van der Waals surface area contributed by atoms with Crippen LogP contribution in [0.5, 0.6) is 0 Å². The van der Waals surface area contributed by atoms with E-state index in [1.807, 2.05) is 4.90 Å². The summed E-state index contributed by atoms with van der Waals surface area (Å²) >= 11 is 0. The molecular formula is C7H13NO4. The van der Waals surface area contributed by atoms with Crippen molar-refractivity contribution in [1.29, 1.82) is 0 Å². The number of aliphatic hydroxyl groups is 1. The van der Waals surface area contributed by atoms with Crippen LogP contribution in [0.25, 0.3) is 0 Å². The Morgan fingerprint density at radius 2 is 2.08 bits per heavy atom. The molecule has 1 fully saturated rings. The molecule has 0 bridgehead atoms. The number of aliphatic carboxylic acids is 1. The number of carboxylic acids is 1. The second kappa shape index (κ2) is 4.39. The predicted octanol–water partition coefficient (Wildman–Crippen LogP) is -1.24. The van der Waals surface area contributed by atoms with Gasteiger partial charge in [0.05, 0.1) is 13.2 Å². The van der Waals surface area contributed by atoms with E-state index in [0.717, 1.165) is 0 Å². The van der Waals surface area contributed by atoms with E-state index in [0.29, 0.717) is 26.3 Å². The molecule has 0 radical (unpaired) electrons. The molecule has 1 rings (SSSR count). The summed E-state index contributed by atoms with van der Waals surface area (Å²) in [5, 5.41) is 17.4. The Balaban J connectivity index is 2.24. The van der Waals surface area contributed by atoms with Gasteiger partial charge in [-0.15, -0.1) is 0 Å². The predicted molar refractivity (Wildman–Crippen MR) is 40.9 cm³/mol. The number of carboxylic acid groups (broad SMARTS) is 1. The highest BCUT2D eigenvalue weighted by Gasteiger charge is 2.19. The fourth-order valence-corrected chi connectivity index (χ4v) is 1.11. The van der Waals surface area contributed by atoms with E-state index in [4.69, 9.17) is 14.9 Å². The van der Waals surface area contributed by atoms with E-state index < -0.39 is 12.1 Å². The number of hydrogen-bond donors (Lipinski definition) is 2. The Kier molecular flexibility index (Phi) is 3.46. The molecule has 0 aromatic rings. The quantitative estimate of drug-likeness (QED) is 0.561. The van der Waals surface area contributed by atoms with E-state index in [9.17, 15) is 4.79 Å². The second-order valence-electron chi connectivity index (χ2n) is 2.77. The van der Waals surface area contributed by atoms with Gasteiger partial charge in [-0.05, 0) is 0 Å². The maximum absolute atomic E-state index is 10.3. The molecule has 0 aliphatic carbocycles. The number of hydrogen-bond acceptors (Lipinski definition) is 4. The van der Waals surface area contributed by atoms with E-state index in [1.165, 1.54) is 0 Å². The summed E-state index contributed by atoms with van der Waals surface area (Å²) in [6, 6.07) is 0. The Labute approximate surface area is 70.5 Å². The van der Waals surface area contributed by atoms with Crippen LogP contribution in [0.15, 0.2) is 0 Å². The lowest BCUT2D eigenvalue weighted by Crippen LogP contribution is -2.43. The number of nitrogens with zero attached hydrogens (tertiary/aromatic N) is 1. The zero-order chi connectivity index (χ0) is 8.97. The molecule has 1 unspecified atom stereocenters. The lowest BCUT2D eigenvalue weighted by molar-refractivity contribution is -0.148. The minimum Gasteiger partial charge on any atom is -0.479 e. The van der Waals surface area contributed by atoms with Gasteiger partial charge >= 0.3 is 5.97 Å². The van der Waals surface area contributed by atoms with Crippen molar-refractivity contribution < 1.29 is 19.7 Å². The molecule has 0 saturated carbocycles. The van der Waals surface area contributed by atoms with E-state index >= 15 is 0 Å². The van der Waals surface area contributed by atoms with Crippen LogP contribution < -0.4 is 0 Å². The molecule has 1 heterocycles. The molecule has 70 valence electrons. The lowest BCUT2D eigenvalue weighted by Gasteiger charge is -2.27. The second-order valence-corrected chi connectivity index (χ2v) is 2.77. The SMILES string of the molecule is O=C(O)C(O)CN1CCOCC1. The van der Waals surface area contributed by atoms with Gasteiger partial charge in [0, 0.05) is 19.6 Å². The third-order valence-electron chi connectivity index (χ3n) is 1.82. The van der Waals surface area contributed by atoms with Crippen LogP contribution in [-0.2, 0) is 9.53 Å². The molecule has 0 aromatic heterocycles. The number of morpholine rings is 1. The molecule has 1 aliphatic heterocycles. The van der Waals surface area contributed by atoms with Gasteiger partial charge in [0.25, 0.3) is 0 Å². The zero-order valence-electron chi connectivity index (χ0n) is 6.77. The Bertz CT molecular complexity index is 155. The van der Waals surface area contributed by atoms with Gasteiger partial charge in [0.1, 0.15) is 0 Å². The molecule has 1 aliphatic rings. The van der Waals surface area contributed by atoms with Gasteiger partial charge in [-0.1, -0.05) is 0 Å². The van der Waals surface area contributed by atoms with Crippen LogP contribution >= 0.6 is 0 Å². The summed E-state index contributed by atoms with van der Waals surface area (Å²) in [7, 11) is 0. The van der Waals surface area contributed by atoms with E-state index in [2.05, 4.69) is 0 Å². The van der Waals surface area contributed by atoms with Crippen LogP contribution in [0.1, 0.15) is 0 Å². The van der Waals surface area contributed by atoms with Crippen molar-refractivity contribution in [3.05, 3.63) is 0 Å². The van der Waals surface area contributed by atoms with Crippen LogP contribution in [-0.4, -0.2) is 60.0 Å². The van der Waals surface area contributed by atoms with Crippen LogP contribution in [0.4, 0.5) is 0 Å². The van der Waals surface area contributed by atoms with Crippen molar-refractivity contribution in [3.8, 4) is 0 Å². The number of rotatable bonds is 3. The monoisotopic (exact) mass is 175 g/mol. The summed E-state index contributed by atoms with van der Waals surface area (Å²) in [4.78, 5) is 12.1. The van der Waals surface area contributed by atoms with Crippen molar-refractivity contribution in [1.82, 2.24) is 4.90 Å². The van der Waals surface area contributed by atoms with Crippen molar-refractivity contribution in [2.75, 3.05) is 32.8 Å². The highest BCUT2D eigenvalue weighted by molar-refractivity contribution is 5.72. The van der Waals surface area contributed by atoms with E-state index in [-0.39, 0.29) is 6.54 Å². The first kappa shape index (κ1) is 9.44. The first-order valence-electron chi connectivity index (χ1n) is 3.91. The topological polar surface area (TPSA) is 70.0 Å². The van der Waals surface area contributed by atoms with Crippen molar-refractivity contribution in [2.24, 2.45) is 0 Å². The minimum absolute atomic E-state index is 0.193. The first-order valence-corrected chi connectivity index (χ1v) is 3.91. The molecule has 0 aromatic carbocycles. The molecule has 0 amide bonds. The summed E-state index contributed by atoms with van der Waals surface area (Å²) in [5.41, 5.74) is 0. The Hall–Kier alpha value is -0.650. The maximum Gasteiger partial charge on any atom is 0.333 e. The zero-order valence-corrected chi connectivity index (χ0v) is 6.77. The van der Waals surface area contributed by atoms with Crippen LogP contribution in [0, 0.1) is 0 Å². The lowest BCUT2D eigenvalue weighted by atomic mass is 10.3. The standard InChI is InChI=1S/C7H13NO4/c9-6(7(10)11)5-8-1-3-12-4-2-8/h6,9H,1-5H2,(H,10,11). The fraction of sp³-hybridized carbons (Fsp3) is 0.857. The van der Waals surface area contributed by atoms with Gasteiger partial charge in [0.2, 0.25) is 0 Å². The highest BCUT2D eigenvalue weighted by atomic mass is 16.5.